The Balaban J connectivity index is 2.17. The van der Waals surface area contributed by atoms with E-state index in [1.165, 1.54) is 11.3 Å². The molecule has 0 atom stereocenters. The molecule has 0 fully saturated rings. The summed E-state index contributed by atoms with van der Waals surface area (Å²) in [7, 11) is 0. The molecule has 1 aromatic heterocycles. The quantitative estimate of drug-likeness (QED) is 0.656. The van der Waals surface area contributed by atoms with Crippen LogP contribution in [0.3, 0.4) is 0 Å². The minimum absolute atomic E-state index is 0.280. The van der Waals surface area contributed by atoms with Gasteiger partial charge in [-0.25, -0.2) is 0 Å². The SMILES string of the molecule is CCOc1cc2sc(-c3ccc(Cl)cc3)nc(=O)c2cc1OCC. The van der Waals surface area contributed by atoms with Crippen molar-refractivity contribution in [2.75, 3.05) is 13.2 Å². The van der Waals surface area contributed by atoms with Crippen LogP contribution in [0.25, 0.3) is 20.7 Å². The number of fused-ring (bicyclic) bond motifs is 1. The minimum atomic E-state index is -0.280. The first-order valence-corrected chi connectivity index (χ1v) is 8.82. The van der Waals surface area contributed by atoms with Gasteiger partial charge in [-0.3, -0.25) is 4.79 Å². The van der Waals surface area contributed by atoms with Gasteiger partial charge in [0, 0.05) is 21.4 Å². The first kappa shape index (κ1) is 16.7. The highest BCUT2D eigenvalue weighted by atomic mass is 35.5. The zero-order valence-corrected chi connectivity index (χ0v) is 14.9. The maximum absolute atomic E-state index is 12.4. The lowest BCUT2D eigenvalue weighted by molar-refractivity contribution is 0.288. The molecule has 0 aliphatic carbocycles. The van der Waals surface area contributed by atoms with Crippen LogP contribution < -0.4 is 15.0 Å². The number of rotatable bonds is 5. The average Bonchev–Trinajstić information content (AvgIpc) is 2.57. The largest absolute Gasteiger partial charge is 0.490 e. The number of ether oxygens (including phenoxy) is 2. The van der Waals surface area contributed by atoms with Crippen molar-refractivity contribution in [2.45, 2.75) is 13.8 Å². The Kier molecular flexibility index (Phi) is 5.02. The van der Waals surface area contributed by atoms with E-state index in [-0.39, 0.29) is 5.56 Å². The fraction of sp³-hybridized carbons (Fsp3) is 0.222. The lowest BCUT2D eigenvalue weighted by atomic mass is 10.2. The maximum atomic E-state index is 12.4. The molecular formula is C18H16ClNO3S. The summed E-state index contributed by atoms with van der Waals surface area (Å²) in [5.74, 6) is 1.20. The maximum Gasteiger partial charge on any atom is 0.279 e. The van der Waals surface area contributed by atoms with E-state index in [9.17, 15) is 4.79 Å². The molecule has 0 saturated carbocycles. The molecule has 3 aromatic rings. The summed E-state index contributed by atoms with van der Waals surface area (Å²) >= 11 is 7.36. The molecule has 4 nitrogen and oxygen atoms in total. The Hall–Kier alpha value is -2.11. The van der Waals surface area contributed by atoms with Gasteiger partial charge in [-0.15, -0.1) is 11.3 Å². The molecule has 124 valence electrons. The summed E-state index contributed by atoms with van der Waals surface area (Å²) in [4.78, 5) is 16.6. The third kappa shape index (κ3) is 3.37. The first-order valence-electron chi connectivity index (χ1n) is 7.62. The standard InChI is InChI=1S/C18H16ClNO3S/c1-3-22-14-9-13-16(10-15(14)23-4-2)24-18(20-17(13)21)11-5-7-12(19)8-6-11/h5-10H,3-4H2,1-2H3. The number of benzene rings is 2. The van der Waals surface area contributed by atoms with Crippen molar-refractivity contribution in [3.63, 3.8) is 0 Å². The molecule has 0 unspecified atom stereocenters. The smallest absolute Gasteiger partial charge is 0.279 e. The van der Waals surface area contributed by atoms with Crippen LogP contribution in [0.1, 0.15) is 13.8 Å². The van der Waals surface area contributed by atoms with Crippen molar-refractivity contribution in [1.82, 2.24) is 4.98 Å². The third-order valence-electron chi connectivity index (χ3n) is 3.38. The Labute approximate surface area is 148 Å². The van der Waals surface area contributed by atoms with Gasteiger partial charge >= 0.3 is 0 Å². The summed E-state index contributed by atoms with van der Waals surface area (Å²) in [5.41, 5.74) is 0.577. The molecule has 24 heavy (non-hydrogen) atoms. The fourth-order valence-electron chi connectivity index (χ4n) is 2.32. The normalized spacial score (nSPS) is 10.8. The van der Waals surface area contributed by atoms with Crippen molar-refractivity contribution in [1.29, 1.82) is 0 Å². The molecule has 0 aliphatic heterocycles. The zero-order chi connectivity index (χ0) is 17.1. The Morgan fingerprint density at radius 3 is 2.29 bits per heavy atom. The van der Waals surface area contributed by atoms with E-state index in [2.05, 4.69) is 4.98 Å². The van der Waals surface area contributed by atoms with E-state index in [0.29, 0.717) is 40.1 Å². The van der Waals surface area contributed by atoms with Crippen molar-refractivity contribution in [3.05, 3.63) is 51.8 Å². The predicted molar refractivity (Wildman–Crippen MR) is 98.7 cm³/mol. The van der Waals surface area contributed by atoms with Crippen LogP contribution in [-0.4, -0.2) is 18.2 Å². The monoisotopic (exact) mass is 361 g/mol. The van der Waals surface area contributed by atoms with E-state index in [1.807, 2.05) is 32.0 Å². The molecular weight excluding hydrogens is 346 g/mol. The van der Waals surface area contributed by atoms with Crippen LogP contribution >= 0.6 is 22.9 Å². The van der Waals surface area contributed by atoms with Crippen LogP contribution in [0.2, 0.25) is 5.02 Å². The molecule has 0 aliphatic rings. The van der Waals surface area contributed by atoms with Crippen LogP contribution in [0.15, 0.2) is 41.2 Å². The Bertz CT molecular complexity index is 922. The van der Waals surface area contributed by atoms with Gasteiger partial charge in [0.05, 0.1) is 18.6 Å². The van der Waals surface area contributed by atoms with Gasteiger partial charge in [0.2, 0.25) is 0 Å². The molecule has 2 aromatic carbocycles. The Morgan fingerprint density at radius 1 is 1.04 bits per heavy atom. The molecule has 3 rings (SSSR count). The second kappa shape index (κ2) is 7.20. The molecule has 0 saturated heterocycles. The van der Waals surface area contributed by atoms with Gasteiger partial charge in [0.15, 0.2) is 11.5 Å². The molecule has 6 heteroatoms. The van der Waals surface area contributed by atoms with E-state index < -0.39 is 0 Å². The van der Waals surface area contributed by atoms with Crippen molar-refractivity contribution in [3.8, 4) is 22.1 Å². The van der Waals surface area contributed by atoms with Crippen LogP contribution in [0.5, 0.6) is 11.5 Å². The van der Waals surface area contributed by atoms with Crippen molar-refractivity contribution < 1.29 is 9.47 Å². The van der Waals surface area contributed by atoms with Crippen molar-refractivity contribution >= 4 is 33.0 Å². The summed E-state index contributed by atoms with van der Waals surface area (Å²) in [6, 6.07) is 10.8. The summed E-state index contributed by atoms with van der Waals surface area (Å²) in [5, 5.41) is 1.83. The second-order valence-corrected chi connectivity index (χ2v) is 6.46. The highest BCUT2D eigenvalue weighted by molar-refractivity contribution is 7.21. The second-order valence-electron chi connectivity index (χ2n) is 4.99. The van der Waals surface area contributed by atoms with Gasteiger partial charge in [-0.2, -0.15) is 4.98 Å². The van der Waals surface area contributed by atoms with E-state index >= 15 is 0 Å². The van der Waals surface area contributed by atoms with Crippen molar-refractivity contribution in [2.24, 2.45) is 0 Å². The lowest BCUT2D eigenvalue weighted by Crippen LogP contribution is -2.07. The number of aromatic nitrogens is 1. The molecule has 0 radical (unpaired) electrons. The predicted octanol–water partition coefficient (Wildman–Crippen LogP) is 4.77. The number of halogens is 1. The van der Waals surface area contributed by atoms with Gasteiger partial charge in [-0.05, 0) is 32.0 Å². The van der Waals surface area contributed by atoms with Crippen LogP contribution in [0, 0.1) is 0 Å². The van der Waals surface area contributed by atoms with E-state index in [0.717, 1.165) is 10.3 Å². The van der Waals surface area contributed by atoms with Gasteiger partial charge < -0.3 is 9.47 Å². The molecule has 1 heterocycles. The van der Waals surface area contributed by atoms with Gasteiger partial charge in [0.25, 0.3) is 5.56 Å². The average molecular weight is 362 g/mol. The third-order valence-corrected chi connectivity index (χ3v) is 4.71. The highest BCUT2D eigenvalue weighted by Crippen LogP contribution is 2.35. The van der Waals surface area contributed by atoms with Crippen LogP contribution in [0.4, 0.5) is 0 Å². The summed E-state index contributed by atoms with van der Waals surface area (Å²) < 4.78 is 12.0. The summed E-state index contributed by atoms with van der Waals surface area (Å²) in [6.07, 6.45) is 0. The topological polar surface area (TPSA) is 48.4 Å². The summed E-state index contributed by atoms with van der Waals surface area (Å²) in [6.45, 7) is 4.83. The lowest BCUT2D eigenvalue weighted by Gasteiger charge is -2.12. The van der Waals surface area contributed by atoms with Gasteiger partial charge in [-0.1, -0.05) is 23.7 Å². The molecule has 0 spiro atoms. The fourth-order valence-corrected chi connectivity index (χ4v) is 3.46. The number of hydrogen-bond donors (Lipinski definition) is 0. The Morgan fingerprint density at radius 2 is 1.67 bits per heavy atom. The zero-order valence-electron chi connectivity index (χ0n) is 13.3. The van der Waals surface area contributed by atoms with E-state index in [4.69, 9.17) is 21.1 Å². The highest BCUT2D eigenvalue weighted by Gasteiger charge is 2.13. The molecule has 0 N–H and O–H groups in total. The van der Waals surface area contributed by atoms with Gasteiger partial charge in [0.1, 0.15) is 5.01 Å². The molecule has 0 amide bonds. The van der Waals surface area contributed by atoms with Crippen LogP contribution in [-0.2, 0) is 0 Å². The number of hydrogen-bond acceptors (Lipinski definition) is 5. The number of nitrogens with zero attached hydrogens (tertiary/aromatic N) is 1. The minimum Gasteiger partial charge on any atom is -0.490 e. The van der Waals surface area contributed by atoms with E-state index in [1.54, 1.807) is 18.2 Å². The first-order chi connectivity index (χ1) is 11.6. The molecule has 0 bridgehead atoms.